The molecule has 5 heteroatoms. The molecule has 3 aliphatic rings. The van der Waals surface area contributed by atoms with Gasteiger partial charge in [0.2, 0.25) is 0 Å². The largest absolute Gasteiger partial charge is 0.357 e. The van der Waals surface area contributed by atoms with E-state index in [4.69, 9.17) is 10.7 Å². The standard InChI is InChI=1S/C25H26N4O/c1-24(2,26)16-6-3-14(4-7-16)19-11-18-15(12-27-19)5-8-17-20-22(29-21(17)18)25(9-10-25)13-28-23(20)30/h3-4,6-7,11-12,29H,5,8-10,13,26H2,1-2H3,(H,28,30). The van der Waals surface area contributed by atoms with E-state index in [0.29, 0.717) is 0 Å². The first-order valence-corrected chi connectivity index (χ1v) is 10.8. The highest BCUT2D eigenvalue weighted by atomic mass is 16.1. The van der Waals surface area contributed by atoms with Crippen molar-refractivity contribution in [2.45, 2.75) is 50.5 Å². The van der Waals surface area contributed by atoms with Gasteiger partial charge in [-0.1, -0.05) is 24.3 Å². The topological polar surface area (TPSA) is 83.8 Å². The van der Waals surface area contributed by atoms with Gasteiger partial charge in [0, 0.05) is 40.5 Å². The fourth-order valence-electron chi connectivity index (χ4n) is 5.07. The number of hydrogen-bond donors (Lipinski definition) is 3. The van der Waals surface area contributed by atoms with Gasteiger partial charge in [-0.25, -0.2) is 0 Å². The molecule has 152 valence electrons. The third kappa shape index (κ3) is 2.51. The number of aromatic amines is 1. The van der Waals surface area contributed by atoms with E-state index in [1.54, 1.807) is 0 Å². The number of amides is 1. The summed E-state index contributed by atoms with van der Waals surface area (Å²) >= 11 is 0. The second-order valence-corrected chi connectivity index (χ2v) is 9.72. The van der Waals surface area contributed by atoms with Crippen molar-refractivity contribution in [3.05, 3.63) is 64.5 Å². The Morgan fingerprint density at radius 3 is 2.60 bits per heavy atom. The number of carbonyl (C=O) groups is 1. The van der Waals surface area contributed by atoms with Crippen molar-refractivity contribution < 1.29 is 4.79 Å². The summed E-state index contributed by atoms with van der Waals surface area (Å²) in [6.07, 6.45) is 6.11. The van der Waals surface area contributed by atoms with E-state index < -0.39 is 0 Å². The van der Waals surface area contributed by atoms with Crippen LogP contribution in [0.3, 0.4) is 0 Å². The van der Waals surface area contributed by atoms with E-state index in [1.165, 1.54) is 16.7 Å². The molecule has 0 atom stereocenters. The van der Waals surface area contributed by atoms with Crippen LogP contribution in [0.4, 0.5) is 0 Å². The van der Waals surface area contributed by atoms with Crippen LogP contribution in [-0.2, 0) is 23.8 Å². The number of rotatable bonds is 2. The zero-order valence-corrected chi connectivity index (χ0v) is 17.4. The van der Waals surface area contributed by atoms with E-state index in [2.05, 4.69) is 40.6 Å². The molecule has 1 aromatic carbocycles. The maximum atomic E-state index is 12.7. The van der Waals surface area contributed by atoms with Gasteiger partial charge in [0.15, 0.2) is 0 Å². The van der Waals surface area contributed by atoms with Gasteiger partial charge in [0.25, 0.3) is 5.91 Å². The average molecular weight is 399 g/mol. The van der Waals surface area contributed by atoms with Crippen molar-refractivity contribution >= 4 is 5.91 Å². The molecule has 6 rings (SSSR count). The number of H-pyrrole nitrogens is 1. The minimum atomic E-state index is -0.362. The number of aromatic nitrogens is 2. The van der Waals surface area contributed by atoms with E-state index in [1.807, 2.05) is 20.0 Å². The molecule has 0 saturated heterocycles. The van der Waals surface area contributed by atoms with Gasteiger partial charge >= 0.3 is 0 Å². The summed E-state index contributed by atoms with van der Waals surface area (Å²) < 4.78 is 0. The van der Waals surface area contributed by atoms with Crippen LogP contribution in [0.15, 0.2) is 36.5 Å². The van der Waals surface area contributed by atoms with Crippen molar-refractivity contribution in [1.29, 1.82) is 0 Å². The Kier molecular flexibility index (Phi) is 3.47. The van der Waals surface area contributed by atoms with Crippen LogP contribution in [0.1, 0.15) is 59.4 Å². The third-order valence-corrected chi connectivity index (χ3v) is 7.13. The lowest BCUT2D eigenvalue weighted by Gasteiger charge is -2.23. The number of nitrogens with zero attached hydrogens (tertiary/aromatic N) is 1. The predicted octanol–water partition coefficient (Wildman–Crippen LogP) is 3.81. The molecule has 1 spiro atoms. The maximum Gasteiger partial charge on any atom is 0.253 e. The zero-order valence-electron chi connectivity index (χ0n) is 17.4. The fraction of sp³-hybridized carbons (Fsp3) is 0.360. The number of nitrogens with one attached hydrogen (secondary N) is 2. The van der Waals surface area contributed by atoms with Gasteiger partial charge < -0.3 is 16.0 Å². The molecule has 1 fully saturated rings. The average Bonchev–Trinajstić information content (AvgIpc) is 3.40. The second kappa shape index (κ2) is 5.82. The molecule has 1 saturated carbocycles. The van der Waals surface area contributed by atoms with Crippen LogP contribution >= 0.6 is 0 Å². The monoisotopic (exact) mass is 398 g/mol. The Hall–Kier alpha value is -2.92. The predicted molar refractivity (Wildman–Crippen MR) is 117 cm³/mol. The van der Waals surface area contributed by atoms with Gasteiger partial charge in [0.1, 0.15) is 0 Å². The lowest BCUT2D eigenvalue weighted by molar-refractivity contribution is 0.0936. The Balaban J connectivity index is 1.46. The van der Waals surface area contributed by atoms with Gasteiger partial charge in [0.05, 0.1) is 17.0 Å². The van der Waals surface area contributed by atoms with Crippen molar-refractivity contribution in [3.63, 3.8) is 0 Å². The molecule has 1 amide bonds. The minimum Gasteiger partial charge on any atom is -0.357 e. The lowest BCUT2D eigenvalue weighted by Crippen LogP contribution is -2.39. The van der Waals surface area contributed by atoms with Gasteiger partial charge in [-0.3, -0.25) is 9.78 Å². The number of aryl methyl sites for hydroxylation is 1. The van der Waals surface area contributed by atoms with Crippen molar-refractivity contribution in [1.82, 2.24) is 15.3 Å². The number of benzene rings is 1. The first kappa shape index (κ1) is 17.9. The summed E-state index contributed by atoms with van der Waals surface area (Å²) in [6, 6.07) is 10.5. The Labute approximate surface area is 176 Å². The number of pyridine rings is 1. The second-order valence-electron chi connectivity index (χ2n) is 9.72. The first-order chi connectivity index (χ1) is 14.4. The molecule has 1 aliphatic heterocycles. The normalized spacial score (nSPS) is 18.4. The van der Waals surface area contributed by atoms with Crippen LogP contribution in [0.5, 0.6) is 0 Å². The van der Waals surface area contributed by atoms with Crippen molar-refractivity contribution in [3.8, 4) is 22.5 Å². The highest BCUT2D eigenvalue weighted by Crippen LogP contribution is 2.52. The summed E-state index contributed by atoms with van der Waals surface area (Å²) in [5.74, 6) is 0.0812. The molecule has 4 N–H and O–H groups in total. The van der Waals surface area contributed by atoms with E-state index >= 15 is 0 Å². The molecule has 3 aromatic rings. The molecule has 3 heterocycles. The molecule has 5 nitrogen and oxygen atoms in total. The minimum absolute atomic E-state index is 0.0812. The van der Waals surface area contributed by atoms with Crippen LogP contribution in [0.25, 0.3) is 22.5 Å². The van der Waals surface area contributed by atoms with E-state index in [9.17, 15) is 4.79 Å². The fourth-order valence-corrected chi connectivity index (χ4v) is 5.07. The summed E-state index contributed by atoms with van der Waals surface area (Å²) in [5, 5.41) is 3.12. The Bertz CT molecular complexity index is 1190. The number of carbonyl (C=O) groups excluding carboxylic acids is 1. The van der Waals surface area contributed by atoms with Gasteiger partial charge in [-0.15, -0.1) is 0 Å². The quantitative estimate of drug-likeness (QED) is 0.614. The van der Waals surface area contributed by atoms with Gasteiger partial charge in [-0.2, -0.15) is 0 Å². The smallest absolute Gasteiger partial charge is 0.253 e. The molecule has 30 heavy (non-hydrogen) atoms. The Morgan fingerprint density at radius 2 is 1.90 bits per heavy atom. The van der Waals surface area contributed by atoms with E-state index in [-0.39, 0.29) is 16.9 Å². The highest BCUT2D eigenvalue weighted by molar-refractivity contribution is 6.01. The van der Waals surface area contributed by atoms with Crippen LogP contribution < -0.4 is 11.1 Å². The van der Waals surface area contributed by atoms with Crippen LogP contribution in [0.2, 0.25) is 0 Å². The van der Waals surface area contributed by atoms with E-state index in [0.717, 1.165) is 66.0 Å². The first-order valence-electron chi connectivity index (χ1n) is 10.8. The molecule has 0 bridgehead atoms. The lowest BCUT2D eigenvalue weighted by atomic mass is 9.86. The summed E-state index contributed by atoms with van der Waals surface area (Å²) in [4.78, 5) is 21.1. The maximum absolute atomic E-state index is 12.7. The Morgan fingerprint density at radius 1 is 1.13 bits per heavy atom. The molecular formula is C25H26N4O. The molecule has 0 radical (unpaired) electrons. The molecule has 2 aromatic heterocycles. The van der Waals surface area contributed by atoms with Crippen LogP contribution in [-0.4, -0.2) is 22.4 Å². The third-order valence-electron chi connectivity index (χ3n) is 7.13. The summed E-state index contributed by atoms with van der Waals surface area (Å²) in [5.41, 5.74) is 15.9. The number of fused-ring (bicyclic) bond motifs is 6. The summed E-state index contributed by atoms with van der Waals surface area (Å²) in [7, 11) is 0. The van der Waals surface area contributed by atoms with Crippen molar-refractivity contribution in [2.75, 3.05) is 6.54 Å². The zero-order chi connectivity index (χ0) is 20.7. The SMILES string of the molecule is CC(C)(N)c1ccc(-c2cc3c(cn2)CCc2c-3[nH]c3c2C(=O)NCC32CC2)cc1. The molecular weight excluding hydrogens is 372 g/mol. The number of hydrogen-bond acceptors (Lipinski definition) is 3. The molecule has 2 aliphatic carbocycles. The highest BCUT2D eigenvalue weighted by Gasteiger charge is 2.51. The van der Waals surface area contributed by atoms with Crippen molar-refractivity contribution in [2.24, 2.45) is 5.73 Å². The number of nitrogens with two attached hydrogens (primary N) is 1. The van der Waals surface area contributed by atoms with Crippen LogP contribution in [0, 0.1) is 0 Å². The molecule has 0 unspecified atom stereocenters. The summed E-state index contributed by atoms with van der Waals surface area (Å²) in [6.45, 7) is 4.78. The van der Waals surface area contributed by atoms with Gasteiger partial charge in [-0.05, 0) is 62.3 Å².